The van der Waals surface area contributed by atoms with Crippen LogP contribution < -0.4 is 0 Å². The summed E-state index contributed by atoms with van der Waals surface area (Å²) in [6, 6.07) is 0. The van der Waals surface area contributed by atoms with Gasteiger partial charge in [0.15, 0.2) is 0 Å². The molecule has 0 aromatic heterocycles. The quantitative estimate of drug-likeness (QED) is 0.229. The molecule has 0 saturated carbocycles. The van der Waals surface area contributed by atoms with Crippen LogP contribution in [0.25, 0.3) is 0 Å². The monoisotopic (exact) mass is 506 g/mol. The molecule has 2 atom stereocenters. The molecule has 31 heavy (non-hydrogen) atoms. The lowest BCUT2D eigenvalue weighted by atomic mass is 10.5. The maximum atomic E-state index is 13.0. The predicted octanol–water partition coefficient (Wildman–Crippen LogP) is 3.00. The second-order valence-corrected chi connectivity index (χ2v) is 12.8. The highest BCUT2D eigenvalue weighted by molar-refractivity contribution is 7.82. The zero-order chi connectivity index (χ0) is 24.0. The van der Waals surface area contributed by atoms with Crippen molar-refractivity contribution < 1.29 is 43.3 Å². The third-order valence-electron chi connectivity index (χ3n) is 4.07. The Kier molecular flexibility index (Phi) is 15.9. The molecule has 0 N–H and O–H groups in total. The maximum Gasteiger partial charge on any atom is 0.533 e. The van der Waals surface area contributed by atoms with Gasteiger partial charge in [-0.25, -0.2) is 8.37 Å². The smallest absolute Gasteiger partial charge is 0.372 e. The molecule has 0 amide bonds. The van der Waals surface area contributed by atoms with Crippen molar-refractivity contribution >= 4 is 28.0 Å². The zero-order valence-corrected chi connectivity index (χ0v) is 23.1. The molecule has 10 nitrogen and oxygen atoms in total. The molecule has 0 rings (SSSR count). The molecule has 0 heterocycles. The summed E-state index contributed by atoms with van der Waals surface area (Å²) in [4.78, 5) is 0. The van der Waals surface area contributed by atoms with E-state index in [-0.39, 0.29) is 12.8 Å². The summed E-state index contributed by atoms with van der Waals surface area (Å²) in [5.74, 6) is 0. The van der Waals surface area contributed by atoms with Crippen LogP contribution in [0.3, 0.4) is 0 Å². The highest BCUT2D eigenvalue weighted by atomic mass is 32.3. The Morgan fingerprint density at radius 2 is 0.742 bits per heavy atom. The van der Waals surface area contributed by atoms with E-state index in [1.54, 1.807) is 55.4 Å². The second kappa shape index (κ2) is 15.8. The van der Waals surface area contributed by atoms with Crippen molar-refractivity contribution in [3.63, 3.8) is 0 Å². The third kappa shape index (κ3) is 9.45. The van der Waals surface area contributed by atoms with E-state index in [4.69, 9.17) is 34.9 Å². The largest absolute Gasteiger partial charge is 0.533 e. The molecule has 0 fully saturated rings. The lowest BCUT2D eigenvalue weighted by molar-refractivity contribution is 0.0114. The molecular formula is C18H42O10SSi2. The molecule has 0 aliphatic rings. The van der Waals surface area contributed by atoms with Gasteiger partial charge in [-0.15, -0.1) is 0 Å². The van der Waals surface area contributed by atoms with E-state index in [1.807, 2.05) is 0 Å². The average molecular weight is 507 g/mol. The minimum atomic E-state index is -4.49. The first kappa shape index (κ1) is 31.1. The molecule has 188 valence electrons. The van der Waals surface area contributed by atoms with Gasteiger partial charge in [-0.3, -0.25) is 0 Å². The minimum absolute atomic E-state index is 0.288. The first-order chi connectivity index (χ1) is 14.7. The van der Waals surface area contributed by atoms with Crippen LogP contribution in [0.4, 0.5) is 0 Å². The first-order valence-corrected chi connectivity index (χ1v) is 16.1. The summed E-state index contributed by atoms with van der Waals surface area (Å²) < 4.78 is 71.7. The topological polar surface area (TPSA) is 108 Å². The molecule has 0 aromatic rings. The summed E-state index contributed by atoms with van der Waals surface area (Å²) in [6.45, 7) is 16.0. The van der Waals surface area contributed by atoms with E-state index >= 15 is 0 Å². The van der Waals surface area contributed by atoms with Crippen molar-refractivity contribution in [1.29, 1.82) is 0 Å². The van der Waals surface area contributed by atoms with E-state index < -0.39 is 39.5 Å². The Labute approximate surface area is 190 Å². The van der Waals surface area contributed by atoms with Gasteiger partial charge in [-0.05, 0) is 54.4 Å². The Balaban J connectivity index is 5.88. The molecule has 0 aliphatic carbocycles. The van der Waals surface area contributed by atoms with E-state index in [1.165, 1.54) is 0 Å². The Morgan fingerprint density at radius 3 is 0.903 bits per heavy atom. The molecule has 0 aromatic carbocycles. The molecule has 2 unspecified atom stereocenters. The van der Waals surface area contributed by atoms with Crippen molar-refractivity contribution in [2.75, 3.05) is 39.6 Å². The minimum Gasteiger partial charge on any atom is -0.372 e. The van der Waals surface area contributed by atoms with E-state index in [9.17, 15) is 8.42 Å². The summed E-state index contributed by atoms with van der Waals surface area (Å²) in [7, 11) is -11.4. The summed E-state index contributed by atoms with van der Waals surface area (Å²) in [6.07, 6.45) is 0.576. The fraction of sp³-hybridized carbons (Fsp3) is 1.00. The third-order valence-corrected chi connectivity index (χ3v) is 12.1. The standard InChI is InChI=1S/C18H42O10SSi2/c1-9-17(30(21-11-3,22-12-4)23-13-5)27-29(19,20)28-18(10-2)31(24-14-6,25-15-7)26-16-8/h17-18H,9-16H2,1-8H3. The van der Waals surface area contributed by atoms with Gasteiger partial charge in [0.2, 0.25) is 0 Å². The SMILES string of the molecule is CCO[Si](OCC)(OCC)C(CC)OS(=O)(=O)OC(CC)[Si](OCC)(OCC)OCC. The number of hydrogen-bond donors (Lipinski definition) is 0. The highest BCUT2D eigenvalue weighted by Crippen LogP contribution is 2.27. The summed E-state index contributed by atoms with van der Waals surface area (Å²) in [5, 5.41) is 0. The number of hydrogen-bond acceptors (Lipinski definition) is 10. The van der Waals surface area contributed by atoms with Gasteiger partial charge in [0.05, 0.1) is 0 Å². The van der Waals surface area contributed by atoms with E-state index in [2.05, 4.69) is 0 Å². The van der Waals surface area contributed by atoms with Crippen molar-refractivity contribution in [3.8, 4) is 0 Å². The lowest BCUT2D eigenvalue weighted by Gasteiger charge is -2.35. The van der Waals surface area contributed by atoms with Crippen LogP contribution >= 0.6 is 0 Å². The molecular weight excluding hydrogens is 464 g/mol. The zero-order valence-electron chi connectivity index (χ0n) is 20.3. The van der Waals surface area contributed by atoms with Crippen molar-refractivity contribution in [3.05, 3.63) is 0 Å². The normalized spacial score (nSPS) is 15.2. The van der Waals surface area contributed by atoms with Gasteiger partial charge in [-0.2, -0.15) is 8.42 Å². The molecule has 0 saturated heterocycles. The Morgan fingerprint density at radius 1 is 0.516 bits per heavy atom. The van der Waals surface area contributed by atoms with Crippen LogP contribution in [-0.4, -0.2) is 77.1 Å². The average Bonchev–Trinajstić information content (AvgIpc) is 2.71. The van der Waals surface area contributed by atoms with Gasteiger partial charge < -0.3 is 26.6 Å². The van der Waals surface area contributed by atoms with Gasteiger partial charge in [0.25, 0.3) is 0 Å². The first-order valence-electron chi connectivity index (χ1n) is 11.1. The predicted molar refractivity (Wildman–Crippen MR) is 121 cm³/mol. The van der Waals surface area contributed by atoms with Gasteiger partial charge >= 0.3 is 28.0 Å². The van der Waals surface area contributed by atoms with E-state index in [0.29, 0.717) is 39.6 Å². The molecule has 0 aliphatic heterocycles. The van der Waals surface area contributed by atoms with Gasteiger partial charge in [-0.1, -0.05) is 13.8 Å². The van der Waals surface area contributed by atoms with E-state index in [0.717, 1.165) is 0 Å². The van der Waals surface area contributed by atoms with Crippen LogP contribution in [-0.2, 0) is 45.3 Å². The Hall–Kier alpha value is 0.0638. The molecule has 13 heteroatoms. The molecule has 0 bridgehead atoms. The van der Waals surface area contributed by atoms with Crippen molar-refractivity contribution in [2.24, 2.45) is 0 Å². The van der Waals surface area contributed by atoms with Crippen LogP contribution in [0.5, 0.6) is 0 Å². The van der Waals surface area contributed by atoms with Crippen molar-refractivity contribution in [2.45, 2.75) is 79.7 Å². The number of rotatable bonds is 20. The summed E-state index contributed by atoms with van der Waals surface area (Å²) in [5.41, 5.74) is -1.92. The van der Waals surface area contributed by atoms with Crippen LogP contribution in [0.1, 0.15) is 68.2 Å². The van der Waals surface area contributed by atoms with Gasteiger partial charge in [0, 0.05) is 39.6 Å². The Bertz CT molecular complexity index is 488. The fourth-order valence-electron chi connectivity index (χ4n) is 3.08. The van der Waals surface area contributed by atoms with Crippen LogP contribution in [0.2, 0.25) is 0 Å². The fourth-order valence-corrected chi connectivity index (χ4v) is 10.6. The van der Waals surface area contributed by atoms with Crippen LogP contribution in [0, 0.1) is 0 Å². The maximum absolute atomic E-state index is 13.0. The van der Waals surface area contributed by atoms with Gasteiger partial charge in [0.1, 0.15) is 11.5 Å². The lowest BCUT2D eigenvalue weighted by Crippen LogP contribution is -2.60. The molecule has 0 radical (unpaired) electrons. The van der Waals surface area contributed by atoms with Crippen molar-refractivity contribution in [1.82, 2.24) is 0 Å². The highest BCUT2D eigenvalue weighted by Gasteiger charge is 2.55. The summed E-state index contributed by atoms with van der Waals surface area (Å²) >= 11 is 0. The second-order valence-electron chi connectivity index (χ2n) is 6.20. The molecule has 0 spiro atoms. The van der Waals surface area contributed by atoms with Crippen LogP contribution in [0.15, 0.2) is 0 Å².